The van der Waals surface area contributed by atoms with Crippen molar-refractivity contribution in [2.24, 2.45) is 10.2 Å². The Morgan fingerprint density at radius 3 is 2.00 bits per heavy atom. The monoisotopic (exact) mass is 326 g/mol. The van der Waals surface area contributed by atoms with E-state index in [1.54, 1.807) is 12.1 Å². The Balaban J connectivity index is 2.31. The molecule has 0 aliphatic carbocycles. The molecule has 0 radical (unpaired) electrons. The fourth-order valence-corrected chi connectivity index (χ4v) is 1.78. The van der Waals surface area contributed by atoms with Crippen LogP contribution in [0.3, 0.4) is 0 Å². The molecule has 1 heterocycles. The molecule has 0 amide bonds. The van der Waals surface area contributed by atoms with Crippen molar-refractivity contribution in [2.75, 3.05) is 0 Å². The summed E-state index contributed by atoms with van der Waals surface area (Å²) in [5.74, 6) is 0. The van der Waals surface area contributed by atoms with Gasteiger partial charge in [-0.05, 0) is 5.56 Å². The maximum atomic E-state index is 12.6. The summed E-state index contributed by atoms with van der Waals surface area (Å²) in [5, 5.41) is 6.26. The highest BCUT2D eigenvalue weighted by Crippen LogP contribution is 2.52. The van der Waals surface area contributed by atoms with Crippen molar-refractivity contribution in [1.82, 2.24) is 0 Å². The van der Waals surface area contributed by atoms with Gasteiger partial charge in [-0.3, -0.25) is 0 Å². The fraction of sp³-hybridized carbons (Fsp3) is 0.333. The van der Waals surface area contributed by atoms with Crippen molar-refractivity contribution in [3.05, 3.63) is 35.4 Å². The SMILES string of the molecule is FC(F)(F)C1(c2ccc(CI)cc2)N=N1. The first-order valence-corrected chi connectivity index (χ1v) is 5.68. The second kappa shape index (κ2) is 3.43. The minimum atomic E-state index is -4.43. The van der Waals surface area contributed by atoms with Crippen LogP contribution >= 0.6 is 22.6 Å². The van der Waals surface area contributed by atoms with E-state index in [2.05, 4.69) is 32.8 Å². The van der Waals surface area contributed by atoms with Crippen LogP contribution in [0.25, 0.3) is 0 Å². The molecule has 2 nitrogen and oxygen atoms in total. The zero-order valence-electron chi connectivity index (χ0n) is 7.42. The van der Waals surface area contributed by atoms with Gasteiger partial charge in [-0.2, -0.15) is 13.2 Å². The molecule has 1 aromatic rings. The summed E-state index contributed by atoms with van der Waals surface area (Å²) in [5.41, 5.74) is -1.21. The van der Waals surface area contributed by atoms with Crippen LogP contribution < -0.4 is 0 Å². The molecule has 0 spiro atoms. The van der Waals surface area contributed by atoms with E-state index >= 15 is 0 Å². The van der Waals surface area contributed by atoms with Crippen LogP contribution in [0.2, 0.25) is 0 Å². The molecule has 1 aliphatic rings. The predicted molar refractivity (Wildman–Crippen MR) is 56.8 cm³/mol. The van der Waals surface area contributed by atoms with Gasteiger partial charge >= 0.3 is 11.8 Å². The molecule has 0 fully saturated rings. The first kappa shape index (κ1) is 10.8. The number of benzene rings is 1. The van der Waals surface area contributed by atoms with Crippen molar-refractivity contribution in [3.8, 4) is 0 Å². The van der Waals surface area contributed by atoms with Crippen molar-refractivity contribution >= 4 is 22.6 Å². The van der Waals surface area contributed by atoms with Gasteiger partial charge in [0.2, 0.25) is 0 Å². The van der Waals surface area contributed by atoms with E-state index < -0.39 is 11.8 Å². The van der Waals surface area contributed by atoms with Crippen LogP contribution in [0.5, 0.6) is 0 Å². The molecule has 0 saturated heterocycles. The lowest BCUT2D eigenvalue weighted by atomic mass is 10.0. The Labute approximate surface area is 97.7 Å². The van der Waals surface area contributed by atoms with E-state index in [4.69, 9.17) is 0 Å². The fourth-order valence-electron chi connectivity index (χ4n) is 1.27. The van der Waals surface area contributed by atoms with Crippen LogP contribution in [0.4, 0.5) is 13.2 Å². The van der Waals surface area contributed by atoms with Crippen LogP contribution in [0.1, 0.15) is 11.1 Å². The average molecular weight is 326 g/mol. The standard InChI is InChI=1S/C9H6F3IN2/c10-9(11,12)8(14-15-8)7-3-1-6(5-13)2-4-7/h1-4H,5H2. The first-order chi connectivity index (χ1) is 6.99. The molecule has 1 aliphatic heterocycles. The van der Waals surface area contributed by atoms with Crippen LogP contribution in [0, 0.1) is 0 Å². The number of nitrogens with zero attached hydrogens (tertiary/aromatic N) is 2. The van der Waals surface area contributed by atoms with Crippen LogP contribution in [-0.4, -0.2) is 6.18 Å². The van der Waals surface area contributed by atoms with Gasteiger partial charge in [0.1, 0.15) is 0 Å². The van der Waals surface area contributed by atoms with E-state index in [1.165, 1.54) is 12.1 Å². The largest absolute Gasteiger partial charge is 0.442 e. The lowest BCUT2D eigenvalue weighted by Crippen LogP contribution is -2.29. The Bertz CT molecular complexity index is 391. The van der Waals surface area contributed by atoms with Gasteiger partial charge in [0.05, 0.1) is 0 Å². The van der Waals surface area contributed by atoms with Gasteiger partial charge in [0.15, 0.2) is 0 Å². The molecular formula is C9H6F3IN2. The third-order valence-corrected chi connectivity index (χ3v) is 3.09. The molecule has 2 rings (SSSR count). The number of alkyl halides is 4. The van der Waals surface area contributed by atoms with E-state index in [1.807, 2.05) is 0 Å². The summed E-state index contributed by atoms with van der Waals surface area (Å²) in [4.78, 5) is 0. The molecular weight excluding hydrogens is 320 g/mol. The second-order valence-electron chi connectivity index (χ2n) is 3.20. The Kier molecular flexibility index (Phi) is 2.48. The van der Waals surface area contributed by atoms with Crippen molar-refractivity contribution in [2.45, 2.75) is 16.3 Å². The van der Waals surface area contributed by atoms with E-state index in [9.17, 15) is 13.2 Å². The third-order valence-electron chi connectivity index (χ3n) is 2.21. The molecule has 0 atom stereocenters. The molecule has 6 heteroatoms. The molecule has 0 unspecified atom stereocenters. The number of rotatable bonds is 2. The summed E-state index contributed by atoms with van der Waals surface area (Å²) < 4.78 is 38.5. The Morgan fingerprint density at radius 1 is 1.13 bits per heavy atom. The maximum absolute atomic E-state index is 12.6. The normalized spacial score (nSPS) is 17.9. The average Bonchev–Trinajstić information content (AvgIpc) is 2.98. The van der Waals surface area contributed by atoms with Gasteiger partial charge in [-0.25, -0.2) is 0 Å². The lowest BCUT2D eigenvalue weighted by molar-refractivity contribution is -0.166. The summed E-state index contributed by atoms with van der Waals surface area (Å²) in [6, 6.07) is 6.19. The van der Waals surface area contributed by atoms with Gasteiger partial charge in [-0.1, -0.05) is 46.9 Å². The highest BCUT2D eigenvalue weighted by Gasteiger charge is 2.65. The quantitative estimate of drug-likeness (QED) is 0.583. The molecule has 15 heavy (non-hydrogen) atoms. The van der Waals surface area contributed by atoms with Gasteiger partial charge in [0.25, 0.3) is 0 Å². The number of halogens is 4. The van der Waals surface area contributed by atoms with Crippen molar-refractivity contribution in [3.63, 3.8) is 0 Å². The zero-order valence-corrected chi connectivity index (χ0v) is 9.58. The highest BCUT2D eigenvalue weighted by atomic mass is 127. The highest BCUT2D eigenvalue weighted by molar-refractivity contribution is 14.1. The van der Waals surface area contributed by atoms with E-state index in [-0.39, 0.29) is 5.56 Å². The smallest absolute Gasteiger partial charge is 0.166 e. The molecule has 0 bridgehead atoms. The molecule has 0 saturated carbocycles. The molecule has 80 valence electrons. The zero-order chi connectivity index (χ0) is 11.1. The molecule has 1 aromatic carbocycles. The lowest BCUT2D eigenvalue weighted by Gasteiger charge is -2.14. The van der Waals surface area contributed by atoms with Gasteiger partial charge in [0, 0.05) is 9.99 Å². The molecule has 0 N–H and O–H groups in total. The van der Waals surface area contributed by atoms with Crippen molar-refractivity contribution in [1.29, 1.82) is 0 Å². The summed E-state index contributed by atoms with van der Waals surface area (Å²) >= 11 is 2.15. The third kappa shape index (κ3) is 1.75. The van der Waals surface area contributed by atoms with Crippen LogP contribution in [0.15, 0.2) is 34.5 Å². The van der Waals surface area contributed by atoms with E-state index in [0.717, 1.165) is 9.99 Å². The van der Waals surface area contributed by atoms with Crippen LogP contribution in [-0.2, 0) is 10.1 Å². The minimum Gasteiger partial charge on any atom is -0.166 e. The van der Waals surface area contributed by atoms with Gasteiger partial charge < -0.3 is 0 Å². The van der Waals surface area contributed by atoms with Crippen molar-refractivity contribution < 1.29 is 13.2 Å². The number of hydrogen-bond donors (Lipinski definition) is 0. The number of hydrogen-bond acceptors (Lipinski definition) is 2. The molecule has 0 aromatic heterocycles. The Hall–Kier alpha value is -0.660. The summed E-state index contributed by atoms with van der Waals surface area (Å²) in [6.45, 7) is 0. The second-order valence-corrected chi connectivity index (χ2v) is 3.96. The summed E-state index contributed by atoms with van der Waals surface area (Å²) in [7, 11) is 0. The minimum absolute atomic E-state index is 0.0867. The maximum Gasteiger partial charge on any atom is 0.442 e. The van der Waals surface area contributed by atoms with Gasteiger partial charge in [-0.15, -0.1) is 10.2 Å². The Morgan fingerprint density at radius 2 is 1.67 bits per heavy atom. The van der Waals surface area contributed by atoms with E-state index in [0.29, 0.717) is 0 Å². The topological polar surface area (TPSA) is 24.7 Å². The predicted octanol–water partition coefficient (Wildman–Crippen LogP) is 3.80. The summed E-state index contributed by atoms with van der Waals surface area (Å²) in [6.07, 6.45) is -4.43. The first-order valence-electron chi connectivity index (χ1n) is 4.16.